The van der Waals surface area contributed by atoms with Crippen molar-refractivity contribution in [3.8, 4) is 0 Å². The smallest absolute Gasteiger partial charge is 0.0802 e. The van der Waals surface area contributed by atoms with Gasteiger partial charge in [0.1, 0.15) is 0 Å². The number of hydrogen-bond donors (Lipinski definition) is 1. The third-order valence-electron chi connectivity index (χ3n) is 3.20. The van der Waals surface area contributed by atoms with Gasteiger partial charge in [-0.15, -0.1) is 5.10 Å². The highest BCUT2D eigenvalue weighted by Crippen LogP contribution is 2.27. The highest BCUT2D eigenvalue weighted by molar-refractivity contribution is 6.34. The molecule has 1 N–H and O–H groups in total. The third-order valence-corrected chi connectivity index (χ3v) is 3.63. The largest absolute Gasteiger partial charge is 0.305 e. The molecular formula is C15H20Cl2N4. The second-order valence-corrected chi connectivity index (χ2v) is 5.84. The number of aromatic nitrogens is 3. The standard InChI is InChI=1S/C15H20Cl2N4/c1-3-5-18-15(11-7-12(16)9-13(17)8-11)14-10-19-20-21(14)6-4-2/h7-10,15,18H,3-6H2,1-2H3. The number of benzene rings is 1. The maximum Gasteiger partial charge on any atom is 0.0802 e. The Bertz CT molecular complexity index is 563. The lowest BCUT2D eigenvalue weighted by atomic mass is 10.0. The summed E-state index contributed by atoms with van der Waals surface area (Å²) in [5.74, 6) is 0. The number of nitrogens with one attached hydrogen (secondary N) is 1. The average molecular weight is 327 g/mol. The Labute approximate surface area is 135 Å². The first kappa shape index (κ1) is 16.3. The molecule has 1 unspecified atom stereocenters. The van der Waals surface area contributed by atoms with Gasteiger partial charge in [-0.1, -0.05) is 42.3 Å². The maximum absolute atomic E-state index is 6.14. The van der Waals surface area contributed by atoms with Gasteiger partial charge in [0.25, 0.3) is 0 Å². The van der Waals surface area contributed by atoms with Crippen molar-refractivity contribution in [2.24, 2.45) is 0 Å². The van der Waals surface area contributed by atoms with Crippen LogP contribution in [0.3, 0.4) is 0 Å². The maximum atomic E-state index is 6.14. The fourth-order valence-electron chi connectivity index (χ4n) is 2.30. The third kappa shape index (κ3) is 4.19. The van der Waals surface area contributed by atoms with Gasteiger partial charge in [0.05, 0.1) is 17.9 Å². The molecule has 4 nitrogen and oxygen atoms in total. The van der Waals surface area contributed by atoms with Gasteiger partial charge >= 0.3 is 0 Å². The van der Waals surface area contributed by atoms with Crippen LogP contribution in [0.2, 0.25) is 10.0 Å². The van der Waals surface area contributed by atoms with E-state index in [1.54, 1.807) is 12.3 Å². The summed E-state index contributed by atoms with van der Waals surface area (Å²) in [7, 11) is 0. The van der Waals surface area contributed by atoms with Gasteiger partial charge in [-0.3, -0.25) is 0 Å². The molecule has 0 radical (unpaired) electrons. The minimum atomic E-state index is -0.0114. The second kappa shape index (κ2) is 7.78. The summed E-state index contributed by atoms with van der Waals surface area (Å²) < 4.78 is 1.93. The second-order valence-electron chi connectivity index (χ2n) is 4.97. The van der Waals surface area contributed by atoms with Gasteiger partial charge < -0.3 is 5.32 Å². The average Bonchev–Trinajstić information content (AvgIpc) is 2.87. The zero-order valence-electron chi connectivity index (χ0n) is 12.3. The summed E-state index contributed by atoms with van der Waals surface area (Å²) in [5, 5.41) is 13.0. The molecule has 0 aliphatic carbocycles. The van der Waals surface area contributed by atoms with Crippen molar-refractivity contribution in [2.75, 3.05) is 6.54 Å². The molecular weight excluding hydrogens is 307 g/mol. The Balaban J connectivity index is 2.39. The lowest BCUT2D eigenvalue weighted by molar-refractivity contribution is 0.504. The van der Waals surface area contributed by atoms with Crippen LogP contribution in [-0.4, -0.2) is 21.5 Å². The van der Waals surface area contributed by atoms with Gasteiger partial charge in [-0.25, -0.2) is 4.68 Å². The van der Waals surface area contributed by atoms with Crippen molar-refractivity contribution >= 4 is 23.2 Å². The summed E-state index contributed by atoms with van der Waals surface area (Å²) in [6, 6.07) is 5.60. The van der Waals surface area contributed by atoms with Crippen molar-refractivity contribution in [1.29, 1.82) is 0 Å². The molecule has 1 aromatic carbocycles. The fourth-order valence-corrected chi connectivity index (χ4v) is 2.84. The van der Waals surface area contributed by atoms with Crippen LogP contribution in [0.15, 0.2) is 24.4 Å². The van der Waals surface area contributed by atoms with Crippen LogP contribution in [0.1, 0.15) is 44.0 Å². The van der Waals surface area contributed by atoms with Crippen molar-refractivity contribution in [1.82, 2.24) is 20.3 Å². The monoisotopic (exact) mass is 326 g/mol. The molecule has 6 heteroatoms. The SMILES string of the molecule is CCCNC(c1cc(Cl)cc(Cl)c1)c1cnnn1CCC. The van der Waals surface area contributed by atoms with Gasteiger partial charge in [-0.2, -0.15) is 0 Å². The van der Waals surface area contributed by atoms with Crippen LogP contribution < -0.4 is 5.32 Å². The minimum Gasteiger partial charge on any atom is -0.305 e. The lowest BCUT2D eigenvalue weighted by Gasteiger charge is -2.20. The van der Waals surface area contributed by atoms with E-state index in [9.17, 15) is 0 Å². The first-order chi connectivity index (χ1) is 10.2. The van der Waals surface area contributed by atoms with Crippen molar-refractivity contribution in [3.05, 3.63) is 45.7 Å². The van der Waals surface area contributed by atoms with E-state index < -0.39 is 0 Å². The Kier molecular flexibility index (Phi) is 6.03. The molecule has 21 heavy (non-hydrogen) atoms. The number of hydrogen-bond acceptors (Lipinski definition) is 3. The summed E-state index contributed by atoms with van der Waals surface area (Å²) in [5.41, 5.74) is 2.06. The highest BCUT2D eigenvalue weighted by atomic mass is 35.5. The molecule has 0 aliphatic rings. The molecule has 2 aromatic rings. The van der Waals surface area contributed by atoms with E-state index in [2.05, 4.69) is 29.5 Å². The van der Waals surface area contributed by atoms with E-state index in [1.165, 1.54) is 0 Å². The molecule has 0 bridgehead atoms. The number of nitrogens with zero attached hydrogens (tertiary/aromatic N) is 3. The Morgan fingerprint density at radius 3 is 2.48 bits per heavy atom. The molecule has 1 aromatic heterocycles. The molecule has 0 spiro atoms. The molecule has 0 fully saturated rings. The van der Waals surface area contributed by atoms with Gasteiger partial charge in [-0.05, 0) is 43.1 Å². The quantitative estimate of drug-likeness (QED) is 0.833. The van der Waals surface area contributed by atoms with Crippen LogP contribution in [0.25, 0.3) is 0 Å². The topological polar surface area (TPSA) is 42.7 Å². The predicted molar refractivity (Wildman–Crippen MR) is 86.9 cm³/mol. The van der Waals surface area contributed by atoms with Gasteiger partial charge in [0, 0.05) is 16.6 Å². The first-order valence-corrected chi connectivity index (χ1v) is 7.99. The molecule has 114 valence electrons. The molecule has 0 saturated heterocycles. The number of aryl methyl sites for hydroxylation is 1. The highest BCUT2D eigenvalue weighted by Gasteiger charge is 2.19. The summed E-state index contributed by atoms with van der Waals surface area (Å²) in [6.45, 7) is 5.99. The van der Waals surface area contributed by atoms with E-state index in [-0.39, 0.29) is 6.04 Å². The van der Waals surface area contributed by atoms with Crippen molar-refractivity contribution in [2.45, 2.75) is 39.3 Å². The number of halogens is 2. The predicted octanol–water partition coefficient (Wildman–Crippen LogP) is 4.08. The normalized spacial score (nSPS) is 12.6. The lowest BCUT2D eigenvalue weighted by Crippen LogP contribution is -2.26. The van der Waals surface area contributed by atoms with Crippen LogP contribution in [0.4, 0.5) is 0 Å². The van der Waals surface area contributed by atoms with E-state index >= 15 is 0 Å². The Hall–Kier alpha value is -1.10. The van der Waals surface area contributed by atoms with Crippen LogP contribution >= 0.6 is 23.2 Å². The summed E-state index contributed by atoms with van der Waals surface area (Å²) in [4.78, 5) is 0. The van der Waals surface area contributed by atoms with Crippen molar-refractivity contribution < 1.29 is 0 Å². The van der Waals surface area contributed by atoms with Crippen LogP contribution in [0, 0.1) is 0 Å². The molecule has 2 rings (SSSR count). The zero-order chi connectivity index (χ0) is 15.2. The summed E-state index contributed by atoms with van der Waals surface area (Å²) in [6.07, 6.45) is 3.85. The fraction of sp³-hybridized carbons (Fsp3) is 0.467. The zero-order valence-corrected chi connectivity index (χ0v) is 13.8. The minimum absolute atomic E-state index is 0.0114. The number of rotatable bonds is 7. The Morgan fingerprint density at radius 2 is 1.86 bits per heavy atom. The van der Waals surface area contributed by atoms with E-state index in [0.717, 1.165) is 37.2 Å². The molecule has 1 atom stereocenters. The van der Waals surface area contributed by atoms with E-state index in [1.807, 2.05) is 16.8 Å². The van der Waals surface area contributed by atoms with Crippen molar-refractivity contribution in [3.63, 3.8) is 0 Å². The molecule has 1 heterocycles. The first-order valence-electron chi connectivity index (χ1n) is 7.23. The van der Waals surface area contributed by atoms with Gasteiger partial charge in [0.15, 0.2) is 0 Å². The summed E-state index contributed by atoms with van der Waals surface area (Å²) >= 11 is 12.3. The van der Waals surface area contributed by atoms with Crippen LogP contribution in [0.5, 0.6) is 0 Å². The Morgan fingerprint density at radius 1 is 1.14 bits per heavy atom. The van der Waals surface area contributed by atoms with E-state index in [4.69, 9.17) is 23.2 Å². The molecule has 0 amide bonds. The molecule has 0 aliphatic heterocycles. The van der Waals surface area contributed by atoms with E-state index in [0.29, 0.717) is 10.0 Å². The van der Waals surface area contributed by atoms with Gasteiger partial charge in [0.2, 0.25) is 0 Å². The van der Waals surface area contributed by atoms with Crippen LogP contribution in [-0.2, 0) is 6.54 Å². The molecule has 0 saturated carbocycles.